The molecule has 2 bridgehead atoms. The number of hydrogen-bond acceptors (Lipinski definition) is 6. The van der Waals surface area contributed by atoms with Gasteiger partial charge in [0, 0.05) is 44.5 Å². The highest BCUT2D eigenvalue weighted by molar-refractivity contribution is 7.92. The van der Waals surface area contributed by atoms with Gasteiger partial charge in [-0.05, 0) is 59.9 Å². The number of sulfone groups is 1. The number of hydrogen-bond donors (Lipinski definition) is 0. The smallest absolute Gasteiger partial charge is 0.410 e. The molecule has 8 nitrogen and oxygen atoms in total. The van der Waals surface area contributed by atoms with Gasteiger partial charge in [-0.3, -0.25) is 9.69 Å². The van der Waals surface area contributed by atoms with Crippen LogP contribution in [0.4, 0.5) is 4.79 Å². The van der Waals surface area contributed by atoms with E-state index in [1.807, 2.05) is 0 Å². The Balaban J connectivity index is 1.75. The summed E-state index contributed by atoms with van der Waals surface area (Å²) in [6, 6.07) is 0.769. The standard InChI is InChI=1S/C20H35N3O5S/c1-19(2,3)28-18(25)22-12-9-20(10-13-22,29(5,26)27)17(24)23-11-8-15-6-7-16(14-23)21(15)4/h15-16H,6-14H2,1-5H3. The van der Waals surface area contributed by atoms with E-state index in [2.05, 4.69) is 11.9 Å². The van der Waals surface area contributed by atoms with Crippen LogP contribution in [0.5, 0.6) is 0 Å². The molecule has 3 saturated heterocycles. The number of piperidine rings is 1. The van der Waals surface area contributed by atoms with Gasteiger partial charge in [0.1, 0.15) is 5.60 Å². The molecule has 0 aromatic carbocycles. The summed E-state index contributed by atoms with van der Waals surface area (Å²) in [5.41, 5.74) is -0.615. The predicted molar refractivity (Wildman–Crippen MR) is 110 cm³/mol. The Morgan fingerprint density at radius 3 is 2.10 bits per heavy atom. The summed E-state index contributed by atoms with van der Waals surface area (Å²) in [5.74, 6) is -0.287. The van der Waals surface area contributed by atoms with Crippen molar-refractivity contribution in [2.75, 3.05) is 39.5 Å². The molecule has 0 aliphatic carbocycles. The molecular weight excluding hydrogens is 394 g/mol. The van der Waals surface area contributed by atoms with E-state index in [-0.39, 0.29) is 31.8 Å². The number of fused-ring (bicyclic) bond motifs is 2. The molecule has 0 N–H and O–H groups in total. The van der Waals surface area contributed by atoms with Crippen LogP contribution in [0, 0.1) is 0 Å². The van der Waals surface area contributed by atoms with Gasteiger partial charge in [0.05, 0.1) is 0 Å². The van der Waals surface area contributed by atoms with E-state index in [0.717, 1.165) is 25.5 Å². The molecule has 3 aliphatic rings. The van der Waals surface area contributed by atoms with Gasteiger partial charge in [-0.1, -0.05) is 0 Å². The van der Waals surface area contributed by atoms with Crippen molar-refractivity contribution in [3.8, 4) is 0 Å². The molecule has 3 rings (SSSR count). The van der Waals surface area contributed by atoms with E-state index < -0.39 is 26.3 Å². The van der Waals surface area contributed by atoms with Gasteiger partial charge in [0.2, 0.25) is 5.91 Å². The molecule has 3 heterocycles. The van der Waals surface area contributed by atoms with Crippen molar-refractivity contribution >= 4 is 21.8 Å². The zero-order valence-electron chi connectivity index (χ0n) is 18.3. The van der Waals surface area contributed by atoms with Crippen molar-refractivity contribution < 1.29 is 22.7 Å². The fourth-order valence-corrected chi connectivity index (χ4v) is 6.27. The van der Waals surface area contributed by atoms with Crippen molar-refractivity contribution in [3.05, 3.63) is 0 Å². The van der Waals surface area contributed by atoms with Crippen LogP contribution in [0.15, 0.2) is 0 Å². The lowest BCUT2D eigenvalue weighted by Gasteiger charge is -2.42. The molecule has 166 valence electrons. The highest BCUT2D eigenvalue weighted by atomic mass is 32.2. The molecule has 2 atom stereocenters. The molecule has 0 radical (unpaired) electrons. The molecule has 3 fully saturated rings. The maximum Gasteiger partial charge on any atom is 0.410 e. The van der Waals surface area contributed by atoms with Gasteiger partial charge in [-0.15, -0.1) is 0 Å². The lowest BCUT2D eigenvalue weighted by Crippen LogP contribution is -2.60. The second-order valence-electron chi connectivity index (χ2n) is 9.82. The Morgan fingerprint density at radius 2 is 1.55 bits per heavy atom. The second-order valence-corrected chi connectivity index (χ2v) is 12.1. The third-order valence-electron chi connectivity index (χ3n) is 6.76. The van der Waals surface area contributed by atoms with Gasteiger partial charge in [0.15, 0.2) is 14.6 Å². The molecule has 2 unspecified atom stereocenters. The fraction of sp³-hybridized carbons (Fsp3) is 0.900. The first kappa shape index (κ1) is 22.3. The van der Waals surface area contributed by atoms with E-state index in [9.17, 15) is 18.0 Å². The average Bonchev–Trinajstić information content (AvgIpc) is 2.84. The first-order valence-electron chi connectivity index (χ1n) is 10.5. The Kier molecular flexibility index (Phi) is 5.95. The van der Waals surface area contributed by atoms with Crippen LogP contribution in [0.3, 0.4) is 0 Å². The molecule has 0 saturated carbocycles. The maximum atomic E-state index is 13.6. The monoisotopic (exact) mass is 429 g/mol. The summed E-state index contributed by atoms with van der Waals surface area (Å²) >= 11 is 0. The molecule has 0 aromatic rings. The first-order chi connectivity index (χ1) is 13.3. The van der Waals surface area contributed by atoms with E-state index in [1.54, 1.807) is 25.7 Å². The van der Waals surface area contributed by atoms with Crippen molar-refractivity contribution in [2.24, 2.45) is 0 Å². The minimum absolute atomic E-state index is 0.115. The minimum Gasteiger partial charge on any atom is -0.444 e. The van der Waals surface area contributed by atoms with Crippen molar-refractivity contribution in [1.82, 2.24) is 14.7 Å². The average molecular weight is 430 g/mol. The third kappa shape index (κ3) is 4.40. The van der Waals surface area contributed by atoms with Gasteiger partial charge < -0.3 is 14.5 Å². The molecular formula is C20H35N3O5S. The number of rotatable bonds is 2. The second kappa shape index (κ2) is 7.72. The van der Waals surface area contributed by atoms with Crippen LogP contribution in [0.2, 0.25) is 0 Å². The lowest BCUT2D eigenvalue weighted by atomic mass is 9.93. The lowest BCUT2D eigenvalue weighted by molar-refractivity contribution is -0.135. The Hall–Kier alpha value is -1.35. The number of likely N-dealkylation sites (tertiary alicyclic amines) is 2. The first-order valence-corrected chi connectivity index (χ1v) is 12.4. The Morgan fingerprint density at radius 1 is 0.966 bits per heavy atom. The number of carbonyl (C=O) groups excluding carboxylic acids is 2. The van der Waals surface area contributed by atoms with E-state index in [0.29, 0.717) is 25.2 Å². The number of nitrogens with zero attached hydrogens (tertiary/aromatic N) is 3. The Bertz CT molecular complexity index is 753. The van der Waals surface area contributed by atoms with Crippen molar-refractivity contribution in [1.29, 1.82) is 0 Å². The summed E-state index contributed by atoms with van der Waals surface area (Å²) < 4.78 is 29.6. The van der Waals surface area contributed by atoms with Crippen molar-refractivity contribution in [2.45, 2.75) is 75.3 Å². The Labute approximate surface area is 174 Å². The molecule has 2 amide bonds. The van der Waals surface area contributed by atoms with Gasteiger partial charge in [-0.2, -0.15) is 0 Å². The van der Waals surface area contributed by atoms with Gasteiger partial charge >= 0.3 is 6.09 Å². The largest absolute Gasteiger partial charge is 0.444 e. The number of carbonyl (C=O) groups is 2. The van der Waals surface area contributed by atoms with Crippen LogP contribution >= 0.6 is 0 Å². The van der Waals surface area contributed by atoms with E-state index in [4.69, 9.17) is 4.74 Å². The predicted octanol–water partition coefficient (Wildman–Crippen LogP) is 1.50. The molecule has 3 aliphatic heterocycles. The summed E-state index contributed by atoms with van der Waals surface area (Å²) in [5, 5.41) is 0. The van der Waals surface area contributed by atoms with Crippen LogP contribution in [-0.2, 0) is 19.4 Å². The quantitative estimate of drug-likeness (QED) is 0.661. The molecule has 0 aromatic heterocycles. The van der Waals surface area contributed by atoms with Gasteiger partial charge in [0.25, 0.3) is 0 Å². The van der Waals surface area contributed by atoms with Crippen molar-refractivity contribution in [3.63, 3.8) is 0 Å². The fourth-order valence-electron chi connectivity index (χ4n) is 4.90. The third-order valence-corrected chi connectivity index (χ3v) is 8.76. The normalized spacial score (nSPS) is 28.2. The van der Waals surface area contributed by atoms with Gasteiger partial charge in [-0.25, -0.2) is 13.2 Å². The summed E-state index contributed by atoms with van der Waals surface area (Å²) in [7, 11) is -1.54. The molecule has 9 heteroatoms. The zero-order valence-corrected chi connectivity index (χ0v) is 19.1. The number of amides is 2. The summed E-state index contributed by atoms with van der Waals surface area (Å²) in [4.78, 5) is 31.5. The summed E-state index contributed by atoms with van der Waals surface area (Å²) in [6.45, 7) is 6.97. The summed E-state index contributed by atoms with van der Waals surface area (Å²) in [6.07, 6.45) is 4.00. The van der Waals surface area contributed by atoms with Crippen LogP contribution < -0.4 is 0 Å². The highest BCUT2D eigenvalue weighted by Gasteiger charge is 2.53. The topological polar surface area (TPSA) is 87.2 Å². The molecule has 29 heavy (non-hydrogen) atoms. The molecule has 0 spiro atoms. The maximum absolute atomic E-state index is 13.6. The zero-order chi connectivity index (χ0) is 21.6. The SMILES string of the molecule is CN1C2CCC1CN(C(=O)C1(S(C)(=O)=O)CCN(C(=O)OC(C)(C)C)CC1)CC2. The van der Waals surface area contributed by atoms with E-state index in [1.165, 1.54) is 4.90 Å². The van der Waals surface area contributed by atoms with Crippen LogP contribution in [0.1, 0.15) is 52.9 Å². The number of ether oxygens (including phenoxy) is 1. The minimum atomic E-state index is -3.64. The van der Waals surface area contributed by atoms with E-state index >= 15 is 0 Å². The highest BCUT2D eigenvalue weighted by Crippen LogP contribution is 2.35. The van der Waals surface area contributed by atoms with Crippen LogP contribution in [-0.4, -0.2) is 97.0 Å². The van der Waals surface area contributed by atoms with Crippen LogP contribution in [0.25, 0.3) is 0 Å². The number of likely N-dealkylation sites (N-methyl/N-ethyl adjacent to an activating group) is 1.